The summed E-state index contributed by atoms with van der Waals surface area (Å²) in [7, 11) is 3.84. The Hall–Kier alpha value is -1.79. The van der Waals surface area contributed by atoms with E-state index in [0.717, 1.165) is 23.2 Å². The second-order valence-corrected chi connectivity index (χ2v) is 5.30. The van der Waals surface area contributed by atoms with E-state index in [9.17, 15) is 4.39 Å². The average Bonchev–Trinajstić information content (AvgIpc) is 2.74. The van der Waals surface area contributed by atoms with Crippen LogP contribution in [0.15, 0.2) is 30.6 Å². The molecule has 0 fully saturated rings. The lowest BCUT2D eigenvalue weighted by molar-refractivity contribution is 0.318. The fourth-order valence-electron chi connectivity index (χ4n) is 2.15. The zero-order chi connectivity index (χ0) is 14.7. The van der Waals surface area contributed by atoms with Crippen molar-refractivity contribution in [3.05, 3.63) is 53.1 Å². The summed E-state index contributed by atoms with van der Waals surface area (Å²) < 4.78 is 15.1. The van der Waals surface area contributed by atoms with Crippen LogP contribution in [0.5, 0.6) is 0 Å². The van der Waals surface area contributed by atoms with Crippen molar-refractivity contribution >= 4 is 17.2 Å². The minimum absolute atomic E-state index is 0.283. The lowest BCUT2D eigenvalue weighted by atomic mass is 10.1. The van der Waals surface area contributed by atoms with Gasteiger partial charge in [-0.3, -0.25) is 9.58 Å². The number of nitrogens with zero attached hydrogens (tertiary/aromatic N) is 3. The van der Waals surface area contributed by atoms with Gasteiger partial charge in [0.15, 0.2) is 0 Å². The third-order valence-corrected chi connectivity index (χ3v) is 3.20. The zero-order valence-electron chi connectivity index (χ0n) is 11.5. The van der Waals surface area contributed by atoms with E-state index in [1.54, 1.807) is 10.7 Å². The Morgan fingerprint density at radius 2 is 2.20 bits per heavy atom. The predicted octanol–water partition coefficient (Wildman–Crippen LogP) is 1.83. The molecule has 0 aliphatic heterocycles. The molecule has 20 heavy (non-hydrogen) atoms. The highest BCUT2D eigenvalue weighted by molar-refractivity contribution is 7.80. The summed E-state index contributed by atoms with van der Waals surface area (Å²) >= 11 is 5.00. The molecule has 1 aromatic heterocycles. The molecule has 0 unspecified atom stereocenters. The van der Waals surface area contributed by atoms with Crippen LogP contribution < -0.4 is 5.73 Å². The molecule has 106 valence electrons. The van der Waals surface area contributed by atoms with Crippen molar-refractivity contribution in [2.24, 2.45) is 12.8 Å². The van der Waals surface area contributed by atoms with Crippen molar-refractivity contribution in [3.63, 3.8) is 0 Å². The van der Waals surface area contributed by atoms with Crippen LogP contribution in [0.25, 0.3) is 0 Å². The highest BCUT2D eigenvalue weighted by atomic mass is 32.1. The van der Waals surface area contributed by atoms with Gasteiger partial charge in [-0.15, -0.1) is 0 Å². The van der Waals surface area contributed by atoms with Gasteiger partial charge in [0.05, 0.1) is 6.20 Å². The Labute approximate surface area is 123 Å². The molecule has 0 aliphatic rings. The van der Waals surface area contributed by atoms with E-state index in [0.29, 0.717) is 6.54 Å². The Kier molecular flexibility index (Phi) is 4.46. The van der Waals surface area contributed by atoms with Crippen LogP contribution in [-0.4, -0.2) is 26.7 Å². The first-order valence-electron chi connectivity index (χ1n) is 6.20. The molecule has 0 saturated heterocycles. The molecule has 0 radical (unpaired) electrons. The standard InChI is InChI=1S/C14H17FN4S/c1-18(7-10-6-17-19(2)8-10)9-11-5-12(15)3-4-13(11)14(16)20/h3-6,8H,7,9H2,1-2H3,(H2,16,20). The third kappa shape index (κ3) is 3.61. The number of benzene rings is 1. The van der Waals surface area contributed by atoms with Crippen LogP contribution in [0.1, 0.15) is 16.7 Å². The number of rotatable bonds is 5. The topological polar surface area (TPSA) is 47.1 Å². The van der Waals surface area contributed by atoms with Crippen molar-refractivity contribution in [1.82, 2.24) is 14.7 Å². The highest BCUT2D eigenvalue weighted by Crippen LogP contribution is 2.15. The van der Waals surface area contributed by atoms with Crippen LogP contribution in [-0.2, 0) is 20.1 Å². The molecular formula is C14H17FN4S. The lowest BCUT2D eigenvalue weighted by Crippen LogP contribution is -2.20. The molecule has 6 heteroatoms. The number of aromatic nitrogens is 2. The molecule has 0 amide bonds. The molecule has 0 aliphatic carbocycles. The van der Waals surface area contributed by atoms with Crippen molar-refractivity contribution in [1.29, 1.82) is 0 Å². The Morgan fingerprint density at radius 3 is 2.80 bits per heavy atom. The van der Waals surface area contributed by atoms with Gasteiger partial charge in [-0.2, -0.15) is 5.10 Å². The van der Waals surface area contributed by atoms with Gasteiger partial charge >= 0.3 is 0 Å². The van der Waals surface area contributed by atoms with Gasteiger partial charge in [0.25, 0.3) is 0 Å². The Bertz CT molecular complexity index is 623. The number of aryl methyl sites for hydroxylation is 1. The van der Waals surface area contributed by atoms with Crippen LogP contribution in [0.2, 0.25) is 0 Å². The fraction of sp³-hybridized carbons (Fsp3) is 0.286. The molecule has 2 N–H and O–H groups in total. The maximum atomic E-state index is 13.4. The predicted molar refractivity (Wildman–Crippen MR) is 80.7 cm³/mol. The summed E-state index contributed by atoms with van der Waals surface area (Å²) in [5.41, 5.74) is 8.29. The first-order valence-corrected chi connectivity index (χ1v) is 6.61. The Morgan fingerprint density at radius 1 is 1.45 bits per heavy atom. The van der Waals surface area contributed by atoms with E-state index in [1.165, 1.54) is 12.1 Å². The van der Waals surface area contributed by atoms with Crippen LogP contribution >= 0.6 is 12.2 Å². The van der Waals surface area contributed by atoms with Crippen molar-refractivity contribution in [2.45, 2.75) is 13.1 Å². The zero-order valence-corrected chi connectivity index (χ0v) is 12.3. The summed E-state index contributed by atoms with van der Waals surface area (Å²) in [6.07, 6.45) is 3.77. The van der Waals surface area contributed by atoms with Crippen molar-refractivity contribution in [3.8, 4) is 0 Å². The van der Waals surface area contributed by atoms with Gasteiger partial charge in [0.1, 0.15) is 10.8 Å². The molecule has 0 saturated carbocycles. The lowest BCUT2D eigenvalue weighted by Gasteiger charge is -2.18. The molecule has 0 bridgehead atoms. The van der Waals surface area contributed by atoms with Gasteiger partial charge in [-0.25, -0.2) is 4.39 Å². The molecular weight excluding hydrogens is 275 g/mol. The molecule has 1 heterocycles. The average molecular weight is 292 g/mol. The number of halogens is 1. The van der Waals surface area contributed by atoms with E-state index < -0.39 is 0 Å². The second kappa shape index (κ2) is 6.11. The number of hydrogen-bond donors (Lipinski definition) is 1. The third-order valence-electron chi connectivity index (χ3n) is 2.98. The maximum absolute atomic E-state index is 13.4. The van der Waals surface area contributed by atoms with E-state index in [4.69, 9.17) is 18.0 Å². The van der Waals surface area contributed by atoms with Crippen molar-refractivity contribution in [2.75, 3.05) is 7.05 Å². The molecule has 1 aromatic carbocycles. The summed E-state index contributed by atoms with van der Waals surface area (Å²) in [6.45, 7) is 1.29. The summed E-state index contributed by atoms with van der Waals surface area (Å²) in [4.78, 5) is 2.35. The fourth-order valence-corrected chi connectivity index (χ4v) is 2.34. The van der Waals surface area contributed by atoms with Gasteiger partial charge in [-0.1, -0.05) is 12.2 Å². The first-order chi connectivity index (χ1) is 9.45. The molecule has 4 nitrogen and oxygen atoms in total. The van der Waals surface area contributed by atoms with Crippen LogP contribution in [0.4, 0.5) is 4.39 Å². The summed E-state index contributed by atoms with van der Waals surface area (Å²) in [6, 6.07) is 4.48. The largest absolute Gasteiger partial charge is 0.389 e. The molecule has 0 atom stereocenters. The second-order valence-electron chi connectivity index (χ2n) is 4.86. The monoisotopic (exact) mass is 292 g/mol. The first kappa shape index (κ1) is 14.6. The SMILES string of the molecule is CN(Cc1cnn(C)c1)Cc1cc(F)ccc1C(N)=S. The van der Waals surface area contributed by atoms with Crippen molar-refractivity contribution < 1.29 is 4.39 Å². The Balaban J connectivity index is 2.12. The summed E-state index contributed by atoms with van der Waals surface area (Å²) in [5.74, 6) is -0.283. The normalized spacial score (nSPS) is 11.0. The van der Waals surface area contributed by atoms with E-state index in [1.807, 2.05) is 26.5 Å². The molecule has 2 aromatic rings. The number of nitrogens with two attached hydrogens (primary N) is 1. The smallest absolute Gasteiger partial charge is 0.123 e. The molecule has 0 spiro atoms. The van der Waals surface area contributed by atoms with E-state index in [2.05, 4.69) is 10.00 Å². The maximum Gasteiger partial charge on any atom is 0.123 e. The minimum Gasteiger partial charge on any atom is -0.389 e. The highest BCUT2D eigenvalue weighted by Gasteiger charge is 2.10. The van der Waals surface area contributed by atoms with Gasteiger partial charge < -0.3 is 5.73 Å². The van der Waals surface area contributed by atoms with E-state index in [-0.39, 0.29) is 10.8 Å². The molecule has 2 rings (SSSR count). The number of thiocarbonyl (C=S) groups is 1. The number of hydrogen-bond acceptors (Lipinski definition) is 3. The van der Waals surface area contributed by atoms with Gasteiger partial charge in [0.2, 0.25) is 0 Å². The quantitative estimate of drug-likeness (QED) is 0.854. The summed E-state index contributed by atoms with van der Waals surface area (Å²) in [5, 5.41) is 4.13. The van der Waals surface area contributed by atoms with Crippen LogP contribution in [0, 0.1) is 5.82 Å². The minimum atomic E-state index is -0.283. The van der Waals surface area contributed by atoms with Gasteiger partial charge in [-0.05, 0) is 30.8 Å². The van der Waals surface area contributed by atoms with E-state index >= 15 is 0 Å². The van der Waals surface area contributed by atoms with Gasteiger partial charge in [0, 0.05) is 37.5 Å². The van der Waals surface area contributed by atoms with Crippen LogP contribution in [0.3, 0.4) is 0 Å².